The second-order valence-corrected chi connectivity index (χ2v) is 1.13. The molecule has 2 nitrogen and oxygen atoms in total. The highest BCUT2D eigenvalue weighted by Gasteiger charge is 1.84. The molecule has 2 N–H and O–H groups in total. The van der Waals surface area contributed by atoms with Crippen LogP contribution >= 0.6 is 0 Å². The van der Waals surface area contributed by atoms with E-state index < -0.39 is 11.7 Å². The Hall–Kier alpha value is -0.860. The van der Waals surface area contributed by atoms with Gasteiger partial charge in [-0.15, -0.1) is 0 Å². The number of amides is 1. The first-order chi connectivity index (χ1) is 4.13. The topological polar surface area (TPSA) is 43.1 Å². The Labute approximate surface area is 56.0 Å². The van der Waals surface area contributed by atoms with Gasteiger partial charge in [-0.1, -0.05) is 13.8 Å². The van der Waals surface area contributed by atoms with E-state index in [1.165, 1.54) is 0 Å². The summed E-state index contributed by atoms with van der Waals surface area (Å²) in [6.07, 6.45) is 0.722. The van der Waals surface area contributed by atoms with E-state index in [-0.39, 0.29) is 1.43 Å². The molecule has 0 heterocycles. The quantitative estimate of drug-likeness (QED) is 0.545. The molecule has 0 rings (SSSR count). The highest BCUT2D eigenvalue weighted by Crippen LogP contribution is 1.88. The zero-order valence-corrected chi connectivity index (χ0v) is 5.94. The number of halogens is 1. The van der Waals surface area contributed by atoms with Gasteiger partial charge < -0.3 is 5.73 Å². The summed E-state index contributed by atoms with van der Waals surface area (Å²) in [5, 5.41) is 0. The van der Waals surface area contributed by atoms with E-state index in [4.69, 9.17) is 0 Å². The molecule has 0 spiro atoms. The van der Waals surface area contributed by atoms with Gasteiger partial charge in [-0.05, 0) is 6.92 Å². The molecule has 1 amide bonds. The molecule has 56 valence electrons. The first kappa shape index (κ1) is 11.0. The minimum Gasteiger partial charge on any atom is -0.366 e. The Balaban J connectivity index is -0.000000149. The van der Waals surface area contributed by atoms with Gasteiger partial charge in [0.25, 0.3) is 0 Å². The molecular formula is C6H14FNO. The molecule has 0 saturated heterocycles. The van der Waals surface area contributed by atoms with E-state index >= 15 is 0 Å². The first-order valence-electron chi connectivity index (χ1n) is 2.76. The molecule has 3 heteroatoms. The smallest absolute Gasteiger partial charge is 0.243 e. The largest absolute Gasteiger partial charge is 0.366 e. The summed E-state index contributed by atoms with van der Waals surface area (Å²) in [5.41, 5.74) is 4.54. The minimum absolute atomic E-state index is 0. The van der Waals surface area contributed by atoms with E-state index in [1.807, 2.05) is 13.8 Å². The fourth-order valence-electron chi connectivity index (χ4n) is 0.196. The summed E-state index contributed by atoms with van der Waals surface area (Å²) < 4.78 is 11.5. The van der Waals surface area contributed by atoms with E-state index in [9.17, 15) is 9.18 Å². The predicted molar refractivity (Wildman–Crippen MR) is 37.5 cm³/mol. The number of allylic oxidation sites excluding steroid dienone is 1. The zero-order chi connectivity index (χ0) is 7.86. The summed E-state index contributed by atoms with van der Waals surface area (Å²) in [6, 6.07) is 0. The van der Waals surface area contributed by atoms with Crippen LogP contribution in [0, 0.1) is 0 Å². The maximum atomic E-state index is 11.5. The van der Waals surface area contributed by atoms with Crippen LogP contribution in [0.15, 0.2) is 11.9 Å². The van der Waals surface area contributed by atoms with Crippen molar-refractivity contribution >= 4 is 5.91 Å². The normalized spacial score (nSPS) is 9.56. The molecule has 0 bridgehead atoms. The van der Waals surface area contributed by atoms with Crippen molar-refractivity contribution in [2.75, 3.05) is 0 Å². The van der Waals surface area contributed by atoms with Crippen LogP contribution in [-0.2, 0) is 4.79 Å². The standard InChI is InChI=1S/C4H6FNO.C2H6.H2/c1-3(5)2-4(6)7;1-2;/h2H,1H3,(H2,6,7);1-2H3;1H/b3-2-;;. The van der Waals surface area contributed by atoms with Crippen LogP contribution in [0.3, 0.4) is 0 Å². The lowest BCUT2D eigenvalue weighted by Gasteiger charge is -1.77. The lowest BCUT2D eigenvalue weighted by Crippen LogP contribution is -2.05. The van der Waals surface area contributed by atoms with Crippen LogP contribution in [0.2, 0.25) is 0 Å². The number of hydrogen-bond donors (Lipinski definition) is 1. The lowest BCUT2D eigenvalue weighted by atomic mass is 10.5. The predicted octanol–water partition coefficient (Wildman–Crippen LogP) is 1.62. The zero-order valence-electron chi connectivity index (χ0n) is 5.94. The monoisotopic (exact) mass is 135 g/mol. The molecule has 0 aromatic heterocycles. The fraction of sp³-hybridized carbons (Fsp3) is 0.500. The van der Waals surface area contributed by atoms with Crippen LogP contribution in [0.4, 0.5) is 4.39 Å². The second-order valence-electron chi connectivity index (χ2n) is 1.13. The van der Waals surface area contributed by atoms with E-state index in [1.54, 1.807) is 0 Å². The van der Waals surface area contributed by atoms with Gasteiger partial charge in [0.1, 0.15) is 5.83 Å². The van der Waals surface area contributed by atoms with Crippen molar-refractivity contribution in [1.82, 2.24) is 0 Å². The highest BCUT2D eigenvalue weighted by molar-refractivity contribution is 5.86. The highest BCUT2D eigenvalue weighted by atomic mass is 19.1. The van der Waals surface area contributed by atoms with Crippen LogP contribution in [0.5, 0.6) is 0 Å². The number of rotatable bonds is 1. The van der Waals surface area contributed by atoms with Crippen molar-refractivity contribution in [2.45, 2.75) is 20.8 Å². The Morgan fingerprint density at radius 3 is 2.00 bits per heavy atom. The molecule has 0 atom stereocenters. The summed E-state index contributed by atoms with van der Waals surface area (Å²) >= 11 is 0. The molecule has 0 saturated carbocycles. The molecule has 0 aliphatic heterocycles. The maximum Gasteiger partial charge on any atom is 0.243 e. The van der Waals surface area contributed by atoms with Gasteiger partial charge >= 0.3 is 0 Å². The molecule has 0 fully saturated rings. The van der Waals surface area contributed by atoms with Gasteiger partial charge in [0.2, 0.25) is 5.91 Å². The van der Waals surface area contributed by atoms with Crippen molar-refractivity contribution in [2.24, 2.45) is 5.73 Å². The molecule has 0 aliphatic rings. The number of hydrogen-bond acceptors (Lipinski definition) is 1. The number of primary amides is 1. The van der Waals surface area contributed by atoms with Crippen LogP contribution in [0.1, 0.15) is 22.2 Å². The summed E-state index contributed by atoms with van der Waals surface area (Å²) in [5.74, 6) is -1.31. The van der Waals surface area contributed by atoms with Crippen molar-refractivity contribution < 1.29 is 10.6 Å². The van der Waals surface area contributed by atoms with Gasteiger partial charge in [-0.3, -0.25) is 4.79 Å². The molecule has 0 aliphatic carbocycles. The van der Waals surface area contributed by atoms with Gasteiger partial charge in [-0.2, -0.15) is 0 Å². The number of nitrogens with two attached hydrogens (primary N) is 1. The van der Waals surface area contributed by atoms with Gasteiger partial charge in [-0.25, -0.2) is 4.39 Å². The van der Waals surface area contributed by atoms with Crippen molar-refractivity contribution in [3.05, 3.63) is 11.9 Å². The van der Waals surface area contributed by atoms with E-state index in [0.29, 0.717) is 0 Å². The molecule has 0 unspecified atom stereocenters. The van der Waals surface area contributed by atoms with Gasteiger partial charge in [0, 0.05) is 7.50 Å². The molecule has 0 radical (unpaired) electrons. The Kier molecular flexibility index (Phi) is 8.73. The Bertz CT molecular complexity index is 110. The van der Waals surface area contributed by atoms with Crippen molar-refractivity contribution in [3.8, 4) is 0 Å². The molecule has 0 aromatic carbocycles. The second kappa shape index (κ2) is 7.14. The first-order valence-corrected chi connectivity index (χ1v) is 2.76. The molecule has 9 heavy (non-hydrogen) atoms. The van der Waals surface area contributed by atoms with Crippen LogP contribution < -0.4 is 5.73 Å². The lowest BCUT2D eigenvalue weighted by molar-refractivity contribution is -0.113. The third-order valence-electron chi connectivity index (χ3n) is 0.341. The number of carbonyl (C=O) groups excluding carboxylic acids is 1. The third-order valence-corrected chi connectivity index (χ3v) is 0.341. The average molecular weight is 135 g/mol. The minimum atomic E-state index is -0.750. The van der Waals surface area contributed by atoms with Crippen molar-refractivity contribution in [3.63, 3.8) is 0 Å². The third kappa shape index (κ3) is 19.1. The van der Waals surface area contributed by atoms with Gasteiger partial charge in [0.05, 0.1) is 0 Å². The van der Waals surface area contributed by atoms with E-state index in [0.717, 1.165) is 13.0 Å². The maximum absolute atomic E-state index is 11.5. The summed E-state index contributed by atoms with van der Waals surface area (Å²) in [7, 11) is 0. The van der Waals surface area contributed by atoms with Crippen LogP contribution in [-0.4, -0.2) is 5.91 Å². The molecule has 0 aromatic rings. The van der Waals surface area contributed by atoms with E-state index in [2.05, 4.69) is 5.73 Å². The Morgan fingerprint density at radius 1 is 1.67 bits per heavy atom. The Morgan fingerprint density at radius 2 is 2.00 bits per heavy atom. The van der Waals surface area contributed by atoms with Crippen molar-refractivity contribution in [1.29, 1.82) is 0 Å². The number of carbonyl (C=O) groups is 1. The SMILES string of the molecule is C/C(F)=C/C(N)=O.CC.[HH]. The molecular weight excluding hydrogens is 121 g/mol. The fourth-order valence-corrected chi connectivity index (χ4v) is 0.196. The van der Waals surface area contributed by atoms with Gasteiger partial charge in [0.15, 0.2) is 0 Å². The summed E-state index contributed by atoms with van der Waals surface area (Å²) in [4.78, 5) is 9.72. The summed E-state index contributed by atoms with van der Waals surface area (Å²) in [6.45, 7) is 5.16. The average Bonchev–Trinajstić information content (AvgIpc) is 1.68. The van der Waals surface area contributed by atoms with Crippen LogP contribution in [0.25, 0.3) is 0 Å².